The summed E-state index contributed by atoms with van der Waals surface area (Å²) >= 11 is 1.60. The summed E-state index contributed by atoms with van der Waals surface area (Å²) in [6, 6.07) is 10.7. The number of benzene rings is 1. The Balaban J connectivity index is 2.04. The lowest BCUT2D eigenvalue weighted by Crippen LogP contribution is -2.20. The van der Waals surface area contributed by atoms with Gasteiger partial charge in [0.05, 0.1) is 29.2 Å². The van der Waals surface area contributed by atoms with Gasteiger partial charge in [0, 0.05) is 53.9 Å². The average Bonchev–Trinajstić information content (AvgIpc) is 3.41. The Hall–Kier alpha value is -2.54. The topological polar surface area (TPSA) is 60.2 Å². The van der Waals surface area contributed by atoms with E-state index in [-0.39, 0.29) is 12.0 Å². The number of aliphatic hydroxyl groups is 1. The average molecular weight is 436 g/mol. The number of ether oxygens (including phenoxy) is 1. The lowest BCUT2D eigenvalue weighted by atomic mass is 9.84. The first-order valence-electron chi connectivity index (χ1n) is 10.6. The summed E-state index contributed by atoms with van der Waals surface area (Å²) in [7, 11) is 1.70. The van der Waals surface area contributed by atoms with Crippen molar-refractivity contribution in [2.75, 3.05) is 13.7 Å². The Morgan fingerprint density at radius 1 is 1.19 bits per heavy atom. The Kier molecular flexibility index (Phi) is 6.23. The molecule has 0 aliphatic rings. The zero-order chi connectivity index (χ0) is 22.0. The lowest BCUT2D eigenvalue weighted by molar-refractivity contribution is 0.160. The van der Waals surface area contributed by atoms with Gasteiger partial charge < -0.3 is 14.4 Å². The summed E-state index contributed by atoms with van der Waals surface area (Å²) in [5.74, 6) is 0. The summed E-state index contributed by atoms with van der Waals surface area (Å²) < 4.78 is 7.81. The maximum atomic E-state index is 10.0. The normalized spacial score (nSPS) is 12.0. The second kappa shape index (κ2) is 8.91. The van der Waals surface area contributed by atoms with Crippen LogP contribution < -0.4 is 0 Å². The molecule has 162 valence electrons. The number of nitrogens with zero attached hydrogens (tertiary/aromatic N) is 3. The molecule has 0 spiro atoms. The predicted octanol–water partition coefficient (Wildman–Crippen LogP) is 5.55. The summed E-state index contributed by atoms with van der Waals surface area (Å²) in [5, 5.41) is 13.3. The maximum Gasteiger partial charge on any atom is 0.0890 e. The molecule has 0 saturated heterocycles. The van der Waals surface area contributed by atoms with E-state index in [0.717, 1.165) is 41.2 Å². The number of thiazole rings is 1. The second-order valence-corrected chi connectivity index (χ2v) is 9.33. The number of rotatable bonds is 8. The highest BCUT2D eigenvalue weighted by atomic mass is 32.1. The number of hydrogen-bond donors (Lipinski definition) is 1. The maximum absolute atomic E-state index is 10.0. The number of aromatic nitrogens is 3. The highest BCUT2D eigenvalue weighted by Crippen LogP contribution is 2.40. The van der Waals surface area contributed by atoms with Gasteiger partial charge in [-0.25, -0.2) is 4.98 Å². The molecule has 0 unspecified atom stereocenters. The fourth-order valence-corrected chi connectivity index (χ4v) is 4.75. The van der Waals surface area contributed by atoms with Crippen LogP contribution in [0.25, 0.3) is 33.4 Å². The van der Waals surface area contributed by atoms with Crippen molar-refractivity contribution in [1.29, 1.82) is 0 Å². The molecule has 0 fully saturated rings. The molecule has 3 aromatic heterocycles. The molecule has 1 N–H and O–H groups in total. The third-order valence-electron chi connectivity index (χ3n) is 5.72. The van der Waals surface area contributed by atoms with Crippen LogP contribution in [0.15, 0.2) is 47.4 Å². The molecule has 0 radical (unpaired) electrons. The molecule has 1 aromatic carbocycles. The minimum absolute atomic E-state index is 0.120. The van der Waals surface area contributed by atoms with E-state index in [4.69, 9.17) is 4.74 Å². The molecule has 0 amide bonds. The first-order valence-corrected chi connectivity index (χ1v) is 11.5. The van der Waals surface area contributed by atoms with Crippen molar-refractivity contribution in [3.8, 4) is 22.5 Å². The molecule has 0 aliphatic carbocycles. The van der Waals surface area contributed by atoms with Crippen LogP contribution in [-0.4, -0.2) is 33.4 Å². The minimum Gasteiger partial charge on any atom is -0.396 e. The molecule has 6 heteroatoms. The zero-order valence-corrected chi connectivity index (χ0v) is 19.4. The van der Waals surface area contributed by atoms with E-state index >= 15 is 0 Å². The highest BCUT2D eigenvalue weighted by molar-refractivity contribution is 7.07. The fraction of sp³-hybridized carbons (Fsp3) is 0.360. The van der Waals surface area contributed by atoms with Gasteiger partial charge in [-0.3, -0.25) is 4.98 Å². The van der Waals surface area contributed by atoms with Gasteiger partial charge in [0.15, 0.2) is 0 Å². The Labute approximate surface area is 187 Å². The largest absolute Gasteiger partial charge is 0.396 e. The van der Waals surface area contributed by atoms with Crippen molar-refractivity contribution in [3.05, 3.63) is 58.7 Å². The molecule has 4 aromatic rings. The fourth-order valence-electron chi connectivity index (χ4n) is 4.19. The van der Waals surface area contributed by atoms with Gasteiger partial charge >= 0.3 is 0 Å². The Bertz CT molecular complexity index is 1180. The highest BCUT2D eigenvalue weighted by Gasteiger charge is 2.26. The van der Waals surface area contributed by atoms with Crippen LogP contribution in [-0.2, 0) is 24.3 Å². The molecular weight excluding hydrogens is 406 g/mol. The van der Waals surface area contributed by atoms with E-state index in [1.165, 1.54) is 16.5 Å². The van der Waals surface area contributed by atoms with Crippen LogP contribution in [0, 0.1) is 5.41 Å². The van der Waals surface area contributed by atoms with Crippen LogP contribution in [0.3, 0.4) is 0 Å². The van der Waals surface area contributed by atoms with Gasteiger partial charge in [-0.1, -0.05) is 19.9 Å². The monoisotopic (exact) mass is 435 g/mol. The van der Waals surface area contributed by atoms with Gasteiger partial charge in [-0.15, -0.1) is 11.3 Å². The molecule has 5 nitrogen and oxygen atoms in total. The van der Waals surface area contributed by atoms with Gasteiger partial charge in [0.1, 0.15) is 0 Å². The summed E-state index contributed by atoms with van der Waals surface area (Å²) in [5.41, 5.74) is 9.31. The smallest absolute Gasteiger partial charge is 0.0890 e. The summed E-state index contributed by atoms with van der Waals surface area (Å²) in [6.07, 6.45) is 2.57. The van der Waals surface area contributed by atoms with Gasteiger partial charge in [0.25, 0.3) is 0 Å². The van der Waals surface area contributed by atoms with Gasteiger partial charge in [-0.2, -0.15) is 0 Å². The molecular formula is C25H29N3O2S. The lowest BCUT2D eigenvalue weighted by Gasteiger charge is -2.23. The van der Waals surface area contributed by atoms with Crippen LogP contribution in [0.5, 0.6) is 0 Å². The van der Waals surface area contributed by atoms with Crippen molar-refractivity contribution in [1.82, 2.24) is 14.5 Å². The van der Waals surface area contributed by atoms with Gasteiger partial charge in [-0.05, 0) is 48.6 Å². The molecule has 0 saturated carbocycles. The first kappa shape index (κ1) is 21.7. The van der Waals surface area contributed by atoms with Crippen molar-refractivity contribution in [3.63, 3.8) is 0 Å². The third-order valence-corrected chi connectivity index (χ3v) is 6.31. The van der Waals surface area contributed by atoms with Crippen LogP contribution >= 0.6 is 11.3 Å². The van der Waals surface area contributed by atoms with Gasteiger partial charge in [0.2, 0.25) is 0 Å². The van der Waals surface area contributed by atoms with Crippen LogP contribution in [0.4, 0.5) is 0 Å². The Morgan fingerprint density at radius 3 is 2.71 bits per heavy atom. The first-order chi connectivity index (χ1) is 15.0. The molecule has 0 atom stereocenters. The molecule has 31 heavy (non-hydrogen) atoms. The number of aliphatic hydroxyl groups excluding tert-OH is 1. The third kappa shape index (κ3) is 4.15. The van der Waals surface area contributed by atoms with E-state index in [1.807, 2.05) is 17.8 Å². The molecule has 4 rings (SSSR count). The molecule has 0 aliphatic heterocycles. The van der Waals surface area contributed by atoms with Crippen molar-refractivity contribution >= 4 is 22.2 Å². The molecule has 0 bridgehead atoms. The molecule has 3 heterocycles. The number of hydrogen-bond acceptors (Lipinski definition) is 5. The minimum atomic E-state index is -0.248. The Morgan fingerprint density at radius 2 is 2.03 bits per heavy atom. The number of fused-ring (bicyclic) bond motifs is 1. The van der Waals surface area contributed by atoms with E-state index in [1.54, 1.807) is 18.4 Å². The van der Waals surface area contributed by atoms with Crippen molar-refractivity contribution in [2.45, 2.75) is 40.3 Å². The summed E-state index contributed by atoms with van der Waals surface area (Å²) in [4.78, 5) is 9.11. The SMILES string of the molecule is CCn1c(-c2cccnc2COC)c(CC(C)(C)CO)c2cc(-c3cscn3)ccc21. The van der Waals surface area contributed by atoms with E-state index in [2.05, 4.69) is 65.0 Å². The number of pyridine rings is 1. The number of aryl methyl sites for hydroxylation is 1. The van der Waals surface area contributed by atoms with E-state index in [0.29, 0.717) is 6.61 Å². The van der Waals surface area contributed by atoms with Crippen LogP contribution in [0.1, 0.15) is 32.0 Å². The zero-order valence-electron chi connectivity index (χ0n) is 18.6. The van der Waals surface area contributed by atoms with Crippen LogP contribution in [0.2, 0.25) is 0 Å². The quantitative estimate of drug-likeness (QED) is 0.394. The van der Waals surface area contributed by atoms with E-state index in [9.17, 15) is 5.11 Å². The second-order valence-electron chi connectivity index (χ2n) is 8.61. The standard InChI is InChI=1S/C25H29N3O2S/c1-5-28-23-9-8-17(22-14-31-16-27-22)11-19(23)20(12-25(2,3)15-29)24(28)18-7-6-10-26-21(18)13-30-4/h6-11,14,16,29H,5,12-13,15H2,1-4H3. The summed E-state index contributed by atoms with van der Waals surface area (Å²) in [6.45, 7) is 7.79. The predicted molar refractivity (Wildman–Crippen MR) is 127 cm³/mol. The number of methoxy groups -OCH3 is 1. The van der Waals surface area contributed by atoms with Crippen molar-refractivity contribution in [2.24, 2.45) is 5.41 Å². The van der Waals surface area contributed by atoms with Crippen molar-refractivity contribution < 1.29 is 9.84 Å². The van der Waals surface area contributed by atoms with E-state index < -0.39 is 0 Å².